The second-order valence-electron chi connectivity index (χ2n) is 36.4. The molecule has 1 aromatic heterocycles. The van der Waals surface area contributed by atoms with Gasteiger partial charge >= 0.3 is 23.9 Å². The summed E-state index contributed by atoms with van der Waals surface area (Å²) in [7, 11) is 0. The number of aromatic amines is 1. The quantitative estimate of drug-likeness (QED) is 0.0233. The average Bonchev–Trinajstić information content (AvgIpc) is 0.862. The molecule has 19 N–H and O–H groups in total. The van der Waals surface area contributed by atoms with Gasteiger partial charge in [0.15, 0.2) is 5.78 Å². The van der Waals surface area contributed by atoms with Crippen LogP contribution in [0.1, 0.15) is 368 Å². The summed E-state index contributed by atoms with van der Waals surface area (Å²) in [6.45, 7) is 6.87. The van der Waals surface area contributed by atoms with E-state index in [-0.39, 0.29) is 171 Å². The molecule has 1 heterocycles. The summed E-state index contributed by atoms with van der Waals surface area (Å²) < 4.78 is 11.4. The molecular formula is C100H160N12O22. The van der Waals surface area contributed by atoms with E-state index in [4.69, 9.17) is 42.6 Å². The molecular weight excluding hydrogens is 1720 g/mol. The van der Waals surface area contributed by atoms with Crippen molar-refractivity contribution in [3.05, 3.63) is 77.9 Å². The fraction of sp³-hybridized carbons (Fsp3) is 0.690. The van der Waals surface area contributed by atoms with E-state index < -0.39 is 77.4 Å². The number of carboxylic acids is 4. The molecule has 0 fully saturated rings. The minimum Gasteiger partial charge on any atom is -0.494 e. The number of amides is 6. The van der Waals surface area contributed by atoms with Crippen LogP contribution >= 0.6 is 0 Å². The molecule has 2 aromatic carbocycles. The highest BCUT2D eigenvalue weighted by molar-refractivity contribution is 5.97. The van der Waals surface area contributed by atoms with Gasteiger partial charge in [0, 0.05) is 114 Å². The molecule has 752 valence electrons. The Kier molecular flexibility index (Phi) is 62.8. The molecule has 0 unspecified atom stereocenters. The van der Waals surface area contributed by atoms with E-state index in [1.165, 1.54) is 37.5 Å². The van der Waals surface area contributed by atoms with Crippen LogP contribution in [0.5, 0.6) is 11.5 Å². The Morgan fingerprint density at radius 3 is 1.23 bits per heavy atom. The normalized spacial score (nSPS) is 13.2. The monoisotopic (exact) mass is 1880 g/mol. The number of benzene rings is 2. The molecule has 0 bridgehead atoms. The summed E-state index contributed by atoms with van der Waals surface area (Å²) in [5.74, 6) is -8.62. The van der Waals surface area contributed by atoms with Crippen LogP contribution in [0.3, 0.4) is 0 Å². The van der Waals surface area contributed by atoms with Gasteiger partial charge in [0.05, 0.1) is 66.3 Å². The Hall–Kier alpha value is -10.2. The van der Waals surface area contributed by atoms with Gasteiger partial charge in [0.1, 0.15) is 46.5 Å². The zero-order chi connectivity index (χ0) is 98.7. The molecule has 0 aliphatic rings. The SMILES string of the molecule is CC(=O)[C@H](CCCCNC(=O)[C@@H](N)CCCCCC(=O)[C@@H](N)CCCCNC(=O)CC[C@H](CC(=O)CCCCCCCCCCCOc1ccc(C(=O)O)cc1)C(=O)O)CC(=O)[C@H](CCCCNC(=O)[C@@H](N)CCCCNC(=O)[C@@H](N)CCCCCC(=O)CC[C@H](NC(=O)CCCCCCCCCCCOc1ccc(C(=O)O)cc1)C(=O)O)CC(=O)C(C)(C)NC(=O)CCc1cnc[nH]1. The van der Waals surface area contributed by atoms with E-state index in [1.807, 2.05) is 0 Å². The Morgan fingerprint density at radius 1 is 0.373 bits per heavy atom. The first kappa shape index (κ1) is 118. The number of ketones is 6. The van der Waals surface area contributed by atoms with Crippen molar-refractivity contribution in [3.8, 4) is 11.5 Å². The highest BCUT2D eigenvalue weighted by atomic mass is 16.5. The third kappa shape index (κ3) is 56.9. The summed E-state index contributed by atoms with van der Waals surface area (Å²) in [6, 6.07) is 8.46. The predicted octanol–water partition coefficient (Wildman–Crippen LogP) is 12.6. The number of nitrogens with zero attached hydrogens (tertiary/aromatic N) is 1. The molecule has 0 aliphatic carbocycles. The van der Waals surface area contributed by atoms with Gasteiger partial charge in [-0.3, -0.25) is 62.3 Å². The lowest BCUT2D eigenvalue weighted by Crippen LogP contribution is -2.50. The second-order valence-corrected chi connectivity index (χ2v) is 36.4. The number of ether oxygens (including phenoxy) is 2. The molecule has 0 aliphatic heterocycles. The van der Waals surface area contributed by atoms with Gasteiger partial charge in [-0.2, -0.15) is 0 Å². The maximum Gasteiger partial charge on any atom is 0.335 e. The van der Waals surface area contributed by atoms with Crippen molar-refractivity contribution in [3.63, 3.8) is 0 Å². The Labute approximate surface area is 792 Å². The third-order valence-electron chi connectivity index (χ3n) is 24.4. The minimum atomic E-state index is -1.33. The number of aliphatic carboxylic acids is 2. The first-order chi connectivity index (χ1) is 64.1. The first-order valence-corrected chi connectivity index (χ1v) is 49.4. The summed E-state index contributed by atoms with van der Waals surface area (Å²) in [6.07, 6.45) is 31.4. The standard InChI is InChI=1S/C100H160N12O22/c1-71(113)74(36-26-30-61-107-93(122)84(103)42-23-19-24-44-87(116)82(101)40-28-32-60-106-90(119)58-50-76(98(129)130)66-79(115)39-20-14-10-6-4-8-12-16-34-64-133-80-53-46-72(47-54-80)96(125)126)67-88(117)75(68-89(118)100(2,3)112-92(121)59-51-77-69-105-70-110-77)37-27-31-62-108-95(124)85(104)43-29-33-63-109-94(123)83(102)41-22-18-21-38-78(114)52-57-86(99(131)132)111-91(120)45-25-15-11-7-5-9-13-17-35-65-134-81-55-48-73(49-56-81)97(127)128/h46-49,53-56,69-70,74-76,82-86H,4-45,50-52,57-68,101-104H2,1-3H3,(H,105,110)(H,106,119)(H,107,122)(H,108,124)(H,109,123)(H,111,120)(H,112,121)(H,125,126)(H,127,128)(H,129,130)(H,131,132)/t74-,75-,76-,82+,83+,84+,85+,86+/m1/s1. The van der Waals surface area contributed by atoms with E-state index in [2.05, 4.69) is 41.9 Å². The number of H-pyrrole nitrogens is 1. The van der Waals surface area contributed by atoms with E-state index in [9.17, 15) is 86.9 Å². The van der Waals surface area contributed by atoms with E-state index in [1.54, 1.807) is 44.3 Å². The summed E-state index contributed by atoms with van der Waals surface area (Å²) in [5, 5.41) is 54.2. The second kappa shape index (κ2) is 71.3. The number of nitrogens with two attached hydrogens (primary N) is 4. The number of aromatic carboxylic acids is 2. The van der Waals surface area contributed by atoms with Gasteiger partial charge in [-0.1, -0.05) is 128 Å². The number of Topliss-reactive ketones (excluding diaryl/α,β-unsaturated/α-hetero) is 6. The van der Waals surface area contributed by atoms with Crippen LogP contribution in [0.4, 0.5) is 0 Å². The molecule has 0 saturated heterocycles. The number of carbonyl (C=O) groups is 16. The number of aryl methyl sites for hydroxylation is 1. The van der Waals surface area contributed by atoms with Gasteiger partial charge in [-0.15, -0.1) is 0 Å². The number of carboxylic acid groups (broad SMARTS) is 4. The van der Waals surface area contributed by atoms with Crippen molar-refractivity contribution < 1.29 is 107 Å². The predicted molar refractivity (Wildman–Crippen MR) is 510 cm³/mol. The molecule has 34 nitrogen and oxygen atoms in total. The number of carbonyl (C=O) groups excluding carboxylic acids is 12. The van der Waals surface area contributed by atoms with Crippen molar-refractivity contribution >= 4 is 94.0 Å². The molecule has 34 heteroatoms. The van der Waals surface area contributed by atoms with Gasteiger partial charge in [-0.25, -0.2) is 19.4 Å². The lowest BCUT2D eigenvalue weighted by atomic mass is 9.81. The minimum absolute atomic E-state index is 0.00661. The molecule has 0 spiro atoms. The van der Waals surface area contributed by atoms with E-state index in [0.29, 0.717) is 185 Å². The van der Waals surface area contributed by atoms with E-state index in [0.717, 1.165) is 108 Å². The molecule has 3 aromatic rings. The van der Waals surface area contributed by atoms with Crippen LogP contribution in [0.2, 0.25) is 0 Å². The van der Waals surface area contributed by atoms with Crippen molar-refractivity contribution in [1.29, 1.82) is 0 Å². The van der Waals surface area contributed by atoms with Crippen LogP contribution in [0.25, 0.3) is 0 Å². The van der Waals surface area contributed by atoms with Crippen molar-refractivity contribution in [2.45, 2.75) is 384 Å². The Morgan fingerprint density at radius 2 is 0.784 bits per heavy atom. The summed E-state index contributed by atoms with van der Waals surface area (Å²) >= 11 is 0. The summed E-state index contributed by atoms with van der Waals surface area (Å²) in [4.78, 5) is 209. The lowest BCUT2D eigenvalue weighted by molar-refractivity contribution is -0.144. The molecule has 0 radical (unpaired) electrons. The van der Waals surface area contributed by atoms with Crippen LogP contribution in [0, 0.1) is 17.8 Å². The molecule has 0 saturated carbocycles. The maximum absolute atomic E-state index is 14.3. The number of rotatable bonds is 86. The lowest BCUT2D eigenvalue weighted by Gasteiger charge is -2.27. The third-order valence-corrected chi connectivity index (χ3v) is 24.4. The van der Waals surface area contributed by atoms with Crippen molar-refractivity contribution in [2.24, 2.45) is 40.7 Å². The molecule has 134 heavy (non-hydrogen) atoms. The number of aromatic nitrogens is 2. The maximum atomic E-state index is 14.3. The van der Waals surface area contributed by atoms with Crippen molar-refractivity contribution in [2.75, 3.05) is 39.4 Å². The van der Waals surface area contributed by atoms with Crippen molar-refractivity contribution in [1.82, 2.24) is 41.9 Å². The highest BCUT2D eigenvalue weighted by Gasteiger charge is 2.35. The van der Waals surface area contributed by atoms with E-state index >= 15 is 0 Å². The van der Waals surface area contributed by atoms with Crippen LogP contribution < -0.4 is 64.3 Å². The first-order valence-electron chi connectivity index (χ1n) is 49.4. The van der Waals surface area contributed by atoms with Gasteiger partial charge in [0.2, 0.25) is 35.4 Å². The van der Waals surface area contributed by atoms with Gasteiger partial charge < -0.3 is 89.7 Å². The zero-order valence-electron chi connectivity index (χ0n) is 80.1. The van der Waals surface area contributed by atoms with Gasteiger partial charge in [0.25, 0.3) is 0 Å². The highest BCUT2D eigenvalue weighted by Crippen LogP contribution is 2.27. The molecule has 3 rings (SSSR count). The van der Waals surface area contributed by atoms with Gasteiger partial charge in [-0.05, 0) is 204 Å². The number of hydrogen-bond acceptors (Lipinski definition) is 23. The topological polar surface area (TPSA) is 577 Å². The summed E-state index contributed by atoms with van der Waals surface area (Å²) in [5.41, 5.74) is 24.7. The largest absolute Gasteiger partial charge is 0.494 e. The van der Waals surface area contributed by atoms with Crippen LogP contribution in [-0.2, 0) is 73.5 Å². The van der Waals surface area contributed by atoms with Crippen LogP contribution in [-0.4, -0.2) is 200 Å². The Balaban J connectivity index is 1.25. The Bertz CT molecular complexity index is 3980. The number of imidazole rings is 1. The zero-order valence-corrected chi connectivity index (χ0v) is 80.1. The number of unbranched alkanes of at least 4 members (excludes halogenated alkanes) is 24. The number of hydrogen-bond donors (Lipinski definition) is 15. The molecule has 8 atom stereocenters. The van der Waals surface area contributed by atoms with Crippen LogP contribution in [0.15, 0.2) is 61.1 Å². The molecule has 6 amide bonds. The average molecular weight is 1880 g/mol. The number of nitrogens with one attached hydrogen (secondary N) is 7. The smallest absolute Gasteiger partial charge is 0.335 e. The fourth-order valence-corrected chi connectivity index (χ4v) is 15.7. The fourth-order valence-electron chi connectivity index (χ4n) is 15.7.